The van der Waals surface area contributed by atoms with Crippen LogP contribution in [0.25, 0.3) is 10.9 Å². The van der Waals surface area contributed by atoms with E-state index in [9.17, 15) is 24.5 Å². The van der Waals surface area contributed by atoms with E-state index in [0.29, 0.717) is 16.7 Å². The fourth-order valence-electron chi connectivity index (χ4n) is 2.84. The molecule has 0 fully saturated rings. The number of carbonyl (C=O) groups is 2. The number of esters is 1. The van der Waals surface area contributed by atoms with Gasteiger partial charge in [-0.15, -0.1) is 0 Å². The van der Waals surface area contributed by atoms with Crippen molar-refractivity contribution in [2.24, 2.45) is 7.05 Å². The van der Waals surface area contributed by atoms with Crippen LogP contribution in [0, 0.1) is 10.1 Å². The van der Waals surface area contributed by atoms with Gasteiger partial charge in [0.25, 0.3) is 17.2 Å². The van der Waals surface area contributed by atoms with Gasteiger partial charge in [-0.3, -0.25) is 29.1 Å². The van der Waals surface area contributed by atoms with Crippen molar-refractivity contribution in [1.82, 2.24) is 9.55 Å². The van der Waals surface area contributed by atoms with Gasteiger partial charge in [0.1, 0.15) is 11.5 Å². The van der Waals surface area contributed by atoms with Gasteiger partial charge in [0.2, 0.25) is 0 Å². The molecule has 1 aromatic heterocycles. The number of para-hydroxylation sites is 3. The highest BCUT2D eigenvalue weighted by atomic mass is 16.6. The Bertz CT molecular complexity index is 1190. The second-order valence-electron chi connectivity index (χ2n) is 6.39. The van der Waals surface area contributed by atoms with Crippen LogP contribution in [-0.2, 0) is 27.8 Å². The first-order valence-electron chi connectivity index (χ1n) is 9.00. The molecule has 0 radical (unpaired) electrons. The molecule has 3 rings (SSSR count). The number of nitrogens with one attached hydrogen (secondary N) is 1. The molecule has 0 saturated heterocycles. The summed E-state index contributed by atoms with van der Waals surface area (Å²) in [6, 6.07) is 12.5. The van der Waals surface area contributed by atoms with Gasteiger partial charge in [-0.05, 0) is 18.2 Å². The van der Waals surface area contributed by atoms with Gasteiger partial charge in [-0.1, -0.05) is 24.3 Å². The summed E-state index contributed by atoms with van der Waals surface area (Å²) in [4.78, 5) is 51.0. The minimum atomic E-state index is -0.700. The van der Waals surface area contributed by atoms with Crippen LogP contribution in [0.15, 0.2) is 53.3 Å². The van der Waals surface area contributed by atoms with Gasteiger partial charge in [0.05, 0.1) is 22.2 Å². The molecule has 3 aromatic rings. The van der Waals surface area contributed by atoms with Crippen molar-refractivity contribution in [3.05, 3.63) is 74.8 Å². The van der Waals surface area contributed by atoms with E-state index in [-0.39, 0.29) is 29.8 Å². The lowest BCUT2D eigenvalue weighted by molar-refractivity contribution is -0.383. The first-order chi connectivity index (χ1) is 14.4. The molecule has 0 aliphatic carbocycles. The Morgan fingerprint density at radius 1 is 1.17 bits per heavy atom. The molecule has 2 aromatic carbocycles. The Hall–Kier alpha value is -4.08. The smallest absolute Gasteiger partial charge is 0.306 e. The summed E-state index contributed by atoms with van der Waals surface area (Å²) in [5.74, 6) is -0.941. The molecule has 0 aliphatic heterocycles. The maximum Gasteiger partial charge on any atom is 0.306 e. The van der Waals surface area contributed by atoms with E-state index in [1.165, 1.54) is 28.8 Å². The summed E-state index contributed by atoms with van der Waals surface area (Å²) in [6.45, 7) is -0.588. The van der Waals surface area contributed by atoms with Crippen molar-refractivity contribution in [2.75, 3.05) is 11.9 Å². The second kappa shape index (κ2) is 8.95. The molecular weight excluding hydrogens is 392 g/mol. The van der Waals surface area contributed by atoms with Gasteiger partial charge in [-0.25, -0.2) is 4.98 Å². The standard InChI is InChI=1S/C20H18N4O6/c1-23-17(21-14-7-3-2-6-13(14)20(23)27)10-11-19(26)30-12-18(25)22-15-8-4-5-9-16(15)24(28)29/h2-9H,10-12H2,1H3,(H,22,25). The van der Waals surface area contributed by atoms with Crippen LogP contribution in [-0.4, -0.2) is 33.0 Å². The normalized spacial score (nSPS) is 10.6. The number of rotatable bonds is 7. The number of aryl methyl sites for hydroxylation is 1. The number of hydrogen-bond acceptors (Lipinski definition) is 7. The maximum absolute atomic E-state index is 12.4. The molecule has 30 heavy (non-hydrogen) atoms. The molecule has 1 amide bonds. The number of carbonyl (C=O) groups excluding carboxylic acids is 2. The van der Waals surface area contributed by atoms with E-state index < -0.39 is 23.4 Å². The molecule has 0 saturated carbocycles. The number of nitro groups is 1. The molecule has 10 heteroatoms. The maximum atomic E-state index is 12.4. The lowest BCUT2D eigenvalue weighted by Crippen LogP contribution is -2.24. The van der Waals surface area contributed by atoms with Crippen molar-refractivity contribution >= 4 is 34.2 Å². The van der Waals surface area contributed by atoms with Crippen LogP contribution in [0.3, 0.4) is 0 Å². The number of hydrogen-bond donors (Lipinski definition) is 1. The Morgan fingerprint density at radius 2 is 1.87 bits per heavy atom. The quantitative estimate of drug-likeness (QED) is 0.357. The van der Waals surface area contributed by atoms with Crippen LogP contribution >= 0.6 is 0 Å². The molecule has 0 atom stereocenters. The fraction of sp³-hybridized carbons (Fsp3) is 0.200. The minimum Gasteiger partial charge on any atom is -0.456 e. The lowest BCUT2D eigenvalue weighted by atomic mass is 10.2. The number of amides is 1. The van der Waals surface area contributed by atoms with Crippen LogP contribution in [0.2, 0.25) is 0 Å². The predicted octanol–water partition coefficient (Wildman–Crippen LogP) is 1.96. The zero-order valence-electron chi connectivity index (χ0n) is 16.0. The van der Waals surface area contributed by atoms with Crippen LogP contribution < -0.4 is 10.9 Å². The highest BCUT2D eigenvalue weighted by molar-refractivity contribution is 5.94. The van der Waals surface area contributed by atoms with Crippen LogP contribution in [0.1, 0.15) is 12.2 Å². The highest BCUT2D eigenvalue weighted by Gasteiger charge is 2.16. The average Bonchev–Trinajstić information content (AvgIpc) is 2.74. The molecule has 0 bridgehead atoms. The number of aromatic nitrogens is 2. The summed E-state index contributed by atoms with van der Waals surface area (Å²) in [5, 5.41) is 13.8. The van der Waals surface area contributed by atoms with Crippen molar-refractivity contribution in [3.63, 3.8) is 0 Å². The third-order valence-corrected chi connectivity index (χ3v) is 4.37. The van der Waals surface area contributed by atoms with Crippen molar-refractivity contribution in [1.29, 1.82) is 0 Å². The number of nitro benzene ring substituents is 1. The lowest BCUT2D eigenvalue weighted by Gasteiger charge is -2.09. The Morgan fingerprint density at radius 3 is 2.63 bits per heavy atom. The summed E-state index contributed by atoms with van der Waals surface area (Å²) in [5.41, 5.74) is 0.0694. The van der Waals surface area contributed by atoms with E-state index in [1.54, 1.807) is 31.3 Å². The summed E-state index contributed by atoms with van der Waals surface area (Å²) < 4.78 is 6.29. The highest BCUT2D eigenvalue weighted by Crippen LogP contribution is 2.22. The van der Waals surface area contributed by atoms with Crippen LogP contribution in [0.4, 0.5) is 11.4 Å². The van der Waals surface area contributed by atoms with E-state index in [0.717, 1.165) is 0 Å². The predicted molar refractivity (Wildman–Crippen MR) is 108 cm³/mol. The molecule has 0 spiro atoms. The molecule has 1 heterocycles. The largest absolute Gasteiger partial charge is 0.456 e. The topological polar surface area (TPSA) is 133 Å². The monoisotopic (exact) mass is 410 g/mol. The van der Waals surface area contributed by atoms with Gasteiger partial charge in [0.15, 0.2) is 6.61 Å². The number of benzene rings is 2. The Balaban J connectivity index is 1.56. The SMILES string of the molecule is Cn1c(CCC(=O)OCC(=O)Nc2ccccc2[N+](=O)[O-])nc2ccccc2c1=O. The molecule has 0 unspecified atom stereocenters. The molecule has 10 nitrogen and oxygen atoms in total. The number of anilines is 1. The first-order valence-corrected chi connectivity index (χ1v) is 9.00. The first kappa shape index (κ1) is 20.6. The number of nitrogens with zero attached hydrogens (tertiary/aromatic N) is 3. The molecular formula is C20H18N4O6. The fourth-order valence-corrected chi connectivity index (χ4v) is 2.84. The van der Waals surface area contributed by atoms with Crippen molar-refractivity contribution < 1.29 is 19.2 Å². The summed E-state index contributed by atoms with van der Waals surface area (Å²) in [6.07, 6.45) is 0.0680. The van der Waals surface area contributed by atoms with Gasteiger partial charge in [0, 0.05) is 19.5 Å². The Labute approximate surface area is 170 Å². The van der Waals surface area contributed by atoms with E-state index in [2.05, 4.69) is 10.3 Å². The zero-order chi connectivity index (χ0) is 21.7. The molecule has 154 valence electrons. The van der Waals surface area contributed by atoms with Crippen molar-refractivity contribution in [2.45, 2.75) is 12.8 Å². The third-order valence-electron chi connectivity index (χ3n) is 4.37. The van der Waals surface area contributed by atoms with Gasteiger partial charge in [-0.2, -0.15) is 0 Å². The number of ether oxygens (including phenoxy) is 1. The minimum absolute atomic E-state index is 0.0129. The van der Waals surface area contributed by atoms with Crippen LogP contribution in [0.5, 0.6) is 0 Å². The molecule has 0 aliphatic rings. The number of fused-ring (bicyclic) bond motifs is 1. The van der Waals surface area contributed by atoms with Crippen molar-refractivity contribution in [3.8, 4) is 0 Å². The average molecular weight is 410 g/mol. The zero-order valence-corrected chi connectivity index (χ0v) is 16.0. The van der Waals surface area contributed by atoms with Gasteiger partial charge >= 0.3 is 5.97 Å². The molecule has 1 N–H and O–H groups in total. The Kier molecular flexibility index (Phi) is 6.16. The third kappa shape index (κ3) is 4.66. The van der Waals surface area contributed by atoms with E-state index in [4.69, 9.17) is 4.74 Å². The summed E-state index contributed by atoms with van der Waals surface area (Å²) in [7, 11) is 1.57. The van der Waals surface area contributed by atoms with E-state index >= 15 is 0 Å². The summed E-state index contributed by atoms with van der Waals surface area (Å²) >= 11 is 0. The van der Waals surface area contributed by atoms with Gasteiger partial charge < -0.3 is 10.1 Å². The van der Waals surface area contributed by atoms with E-state index in [1.807, 2.05) is 0 Å². The second-order valence-corrected chi connectivity index (χ2v) is 6.39.